The lowest BCUT2D eigenvalue weighted by Gasteiger charge is -2.25. The number of fused-ring (bicyclic) bond motifs is 1. The Morgan fingerprint density at radius 2 is 2.44 bits per heavy atom. The summed E-state index contributed by atoms with van der Waals surface area (Å²) in [4.78, 5) is 10.9. The Hall–Kier alpha value is -1.55. The van der Waals surface area contributed by atoms with Crippen LogP contribution in [0.2, 0.25) is 0 Å². The first-order valence-electron chi connectivity index (χ1n) is 5.31. The molecule has 4 nitrogen and oxygen atoms in total. The first-order chi connectivity index (χ1) is 7.66. The van der Waals surface area contributed by atoms with Crippen LogP contribution in [-0.4, -0.2) is 24.2 Å². The highest BCUT2D eigenvalue weighted by molar-refractivity contribution is 5.72. The monoisotopic (exact) mass is 221 g/mol. The molecule has 0 saturated heterocycles. The number of phenols is 1. The summed E-state index contributed by atoms with van der Waals surface area (Å²) in [6.07, 6.45) is 0. The van der Waals surface area contributed by atoms with Gasteiger partial charge in [0.05, 0.1) is 13.2 Å². The number of carbonyl (C=O) groups is 1. The third-order valence-electron chi connectivity index (χ3n) is 2.74. The summed E-state index contributed by atoms with van der Waals surface area (Å²) in [6.45, 7) is 3.22. The van der Waals surface area contributed by atoms with Crippen molar-refractivity contribution < 1.29 is 14.6 Å². The molecular formula is C12H15NO3. The summed E-state index contributed by atoms with van der Waals surface area (Å²) in [5.74, 6) is 0.390. The van der Waals surface area contributed by atoms with Gasteiger partial charge in [0.1, 0.15) is 5.75 Å². The number of carbonyl (C=O) groups excluding carboxylic acids is 1. The molecule has 0 fully saturated rings. The molecule has 2 N–H and O–H groups in total. The van der Waals surface area contributed by atoms with E-state index in [1.165, 1.54) is 6.92 Å². The Bertz CT molecular complexity index is 403. The Morgan fingerprint density at radius 1 is 1.62 bits per heavy atom. The maximum atomic E-state index is 10.9. The first-order valence-corrected chi connectivity index (χ1v) is 5.31. The molecule has 1 aromatic carbocycles. The van der Waals surface area contributed by atoms with E-state index in [2.05, 4.69) is 5.32 Å². The second-order valence-corrected chi connectivity index (χ2v) is 4.03. The number of nitrogens with one attached hydrogen (secondary N) is 1. The van der Waals surface area contributed by atoms with Gasteiger partial charge in [0.2, 0.25) is 5.91 Å². The molecule has 1 atom stereocenters. The minimum absolute atomic E-state index is 0.0362. The molecule has 0 aromatic heterocycles. The maximum absolute atomic E-state index is 10.9. The van der Waals surface area contributed by atoms with Crippen molar-refractivity contribution >= 4 is 5.91 Å². The van der Waals surface area contributed by atoms with E-state index in [1.54, 1.807) is 12.1 Å². The van der Waals surface area contributed by atoms with Crippen LogP contribution in [0, 0.1) is 0 Å². The smallest absolute Gasteiger partial charge is 0.216 e. The Morgan fingerprint density at radius 3 is 3.19 bits per heavy atom. The fraction of sp³-hybridized carbons (Fsp3) is 0.417. The van der Waals surface area contributed by atoms with Crippen molar-refractivity contribution in [3.8, 4) is 5.75 Å². The largest absolute Gasteiger partial charge is 0.508 e. The van der Waals surface area contributed by atoms with Gasteiger partial charge >= 0.3 is 0 Å². The lowest BCUT2D eigenvalue weighted by Crippen LogP contribution is -2.30. The van der Waals surface area contributed by atoms with Crippen LogP contribution in [0.3, 0.4) is 0 Å². The van der Waals surface area contributed by atoms with Gasteiger partial charge in [-0.3, -0.25) is 4.79 Å². The predicted molar refractivity (Wildman–Crippen MR) is 59.2 cm³/mol. The summed E-state index contributed by atoms with van der Waals surface area (Å²) in [5.41, 5.74) is 2.15. The second-order valence-electron chi connectivity index (χ2n) is 4.03. The molecule has 0 radical (unpaired) electrons. The van der Waals surface area contributed by atoms with Gasteiger partial charge in [0, 0.05) is 19.4 Å². The average molecular weight is 221 g/mol. The number of amides is 1. The number of benzene rings is 1. The van der Waals surface area contributed by atoms with Gasteiger partial charge in [-0.25, -0.2) is 0 Å². The van der Waals surface area contributed by atoms with Gasteiger partial charge < -0.3 is 15.2 Å². The molecule has 4 heteroatoms. The number of hydrogen-bond donors (Lipinski definition) is 2. The van der Waals surface area contributed by atoms with E-state index in [4.69, 9.17) is 4.74 Å². The highest BCUT2D eigenvalue weighted by Crippen LogP contribution is 2.28. The molecule has 2 rings (SSSR count). The molecule has 1 aliphatic rings. The van der Waals surface area contributed by atoms with Crippen molar-refractivity contribution in [2.45, 2.75) is 19.4 Å². The minimum Gasteiger partial charge on any atom is -0.508 e. The fourth-order valence-electron chi connectivity index (χ4n) is 1.95. The maximum Gasteiger partial charge on any atom is 0.216 e. The molecular weight excluding hydrogens is 206 g/mol. The van der Waals surface area contributed by atoms with Crippen molar-refractivity contribution in [1.82, 2.24) is 5.32 Å². The van der Waals surface area contributed by atoms with Crippen LogP contribution in [0.4, 0.5) is 0 Å². The van der Waals surface area contributed by atoms with Crippen LogP contribution in [0.15, 0.2) is 18.2 Å². The van der Waals surface area contributed by atoms with E-state index in [-0.39, 0.29) is 17.6 Å². The van der Waals surface area contributed by atoms with E-state index < -0.39 is 0 Å². The summed E-state index contributed by atoms with van der Waals surface area (Å²) < 4.78 is 5.43. The van der Waals surface area contributed by atoms with Gasteiger partial charge in [-0.2, -0.15) is 0 Å². The van der Waals surface area contributed by atoms with Crippen LogP contribution >= 0.6 is 0 Å². The van der Waals surface area contributed by atoms with Crippen molar-refractivity contribution in [2.24, 2.45) is 0 Å². The van der Waals surface area contributed by atoms with Gasteiger partial charge in [-0.15, -0.1) is 0 Å². The molecule has 0 saturated carbocycles. The average Bonchev–Trinajstić information content (AvgIpc) is 2.25. The lowest BCUT2D eigenvalue weighted by atomic mass is 9.93. The number of hydrogen-bond acceptors (Lipinski definition) is 3. The zero-order valence-corrected chi connectivity index (χ0v) is 9.19. The predicted octanol–water partition coefficient (Wildman–Crippen LogP) is 1.14. The van der Waals surface area contributed by atoms with Gasteiger partial charge in [0.25, 0.3) is 0 Å². The Balaban J connectivity index is 2.16. The van der Waals surface area contributed by atoms with Gasteiger partial charge in [0.15, 0.2) is 0 Å². The fourth-order valence-corrected chi connectivity index (χ4v) is 1.95. The molecule has 1 aliphatic heterocycles. The van der Waals surface area contributed by atoms with Crippen LogP contribution in [0.25, 0.3) is 0 Å². The normalized spacial score (nSPS) is 18.9. The summed E-state index contributed by atoms with van der Waals surface area (Å²) >= 11 is 0. The van der Waals surface area contributed by atoms with E-state index in [9.17, 15) is 9.90 Å². The molecule has 16 heavy (non-hydrogen) atoms. The molecule has 0 spiro atoms. The molecule has 0 aliphatic carbocycles. The van der Waals surface area contributed by atoms with Crippen molar-refractivity contribution in [3.63, 3.8) is 0 Å². The van der Waals surface area contributed by atoms with Crippen LogP contribution in [0.5, 0.6) is 5.75 Å². The van der Waals surface area contributed by atoms with Gasteiger partial charge in [-0.1, -0.05) is 6.07 Å². The molecule has 0 bridgehead atoms. The third kappa shape index (κ3) is 2.33. The van der Waals surface area contributed by atoms with Crippen LogP contribution in [-0.2, 0) is 16.1 Å². The first kappa shape index (κ1) is 11.0. The van der Waals surface area contributed by atoms with E-state index in [1.807, 2.05) is 6.07 Å². The molecule has 1 amide bonds. The van der Waals surface area contributed by atoms with Crippen LogP contribution in [0.1, 0.15) is 24.0 Å². The lowest BCUT2D eigenvalue weighted by molar-refractivity contribution is -0.119. The van der Waals surface area contributed by atoms with E-state index in [0.29, 0.717) is 19.8 Å². The zero-order valence-electron chi connectivity index (χ0n) is 9.19. The quantitative estimate of drug-likeness (QED) is 0.787. The summed E-state index contributed by atoms with van der Waals surface area (Å²) in [5, 5.41) is 12.2. The summed E-state index contributed by atoms with van der Waals surface area (Å²) in [7, 11) is 0. The van der Waals surface area contributed by atoms with Crippen molar-refractivity contribution in [1.29, 1.82) is 0 Å². The van der Waals surface area contributed by atoms with Crippen LogP contribution < -0.4 is 5.32 Å². The van der Waals surface area contributed by atoms with Crippen molar-refractivity contribution in [3.05, 3.63) is 29.3 Å². The van der Waals surface area contributed by atoms with Gasteiger partial charge in [-0.05, 0) is 23.3 Å². The number of ether oxygens (including phenoxy) is 1. The van der Waals surface area contributed by atoms with E-state index in [0.717, 1.165) is 11.1 Å². The number of aromatic hydroxyl groups is 1. The molecule has 1 aromatic rings. The topological polar surface area (TPSA) is 58.6 Å². The zero-order chi connectivity index (χ0) is 11.5. The Labute approximate surface area is 94.2 Å². The highest BCUT2D eigenvalue weighted by Gasteiger charge is 2.21. The molecule has 86 valence electrons. The van der Waals surface area contributed by atoms with Crippen molar-refractivity contribution in [2.75, 3.05) is 13.2 Å². The standard InChI is InChI=1S/C12H15NO3/c1-8(14)13-5-10-7-16-6-9-4-11(15)2-3-12(9)10/h2-4,10,15H,5-7H2,1H3,(H,13,14). The second kappa shape index (κ2) is 4.53. The molecule has 1 unspecified atom stereocenters. The van der Waals surface area contributed by atoms with E-state index >= 15 is 0 Å². The SMILES string of the molecule is CC(=O)NCC1COCc2cc(O)ccc21. The number of phenolic OH excluding ortho intramolecular Hbond substituents is 1. The highest BCUT2D eigenvalue weighted by atomic mass is 16.5. The number of rotatable bonds is 2. The summed E-state index contributed by atoms with van der Waals surface area (Å²) in [6, 6.07) is 5.29. The Kier molecular flexibility index (Phi) is 3.10. The molecule has 1 heterocycles. The minimum atomic E-state index is -0.0362. The third-order valence-corrected chi connectivity index (χ3v) is 2.74.